The van der Waals surface area contributed by atoms with Crippen LogP contribution in [-0.2, 0) is 17.0 Å². The van der Waals surface area contributed by atoms with Crippen LogP contribution in [-0.4, -0.2) is 22.2 Å². The van der Waals surface area contributed by atoms with Crippen LogP contribution in [0.2, 0.25) is 0 Å². The molecular formula is C28H21Br2N3O5. The molecule has 0 saturated heterocycles. The van der Waals surface area contributed by atoms with Crippen LogP contribution in [0.3, 0.4) is 0 Å². The first-order valence-electron chi connectivity index (χ1n) is 11.3. The largest absolute Gasteiger partial charge is 0.487 e. The van der Waals surface area contributed by atoms with Crippen LogP contribution in [0.25, 0.3) is 0 Å². The zero-order chi connectivity index (χ0) is 27.1. The van der Waals surface area contributed by atoms with Crippen molar-refractivity contribution in [2.24, 2.45) is 5.10 Å². The summed E-state index contributed by atoms with van der Waals surface area (Å²) in [5.74, 6) is -0.167. The van der Waals surface area contributed by atoms with Crippen molar-refractivity contribution in [3.63, 3.8) is 0 Å². The first-order chi connectivity index (χ1) is 18.3. The number of nitro benzene ring substituents is 1. The Balaban J connectivity index is 1.47. The fourth-order valence-corrected chi connectivity index (χ4v) is 5.15. The number of ether oxygens (including phenoxy) is 1. The number of carbonyl (C=O) groups excluding carboxylic acids is 1. The highest BCUT2D eigenvalue weighted by Crippen LogP contribution is 2.35. The first-order valence-corrected chi connectivity index (χ1v) is 12.9. The van der Waals surface area contributed by atoms with Crippen LogP contribution in [0.5, 0.6) is 5.75 Å². The molecule has 1 amide bonds. The molecule has 2 N–H and O–H groups in total. The fraction of sp³-hybridized carbons (Fsp3) is 0.0714. The molecule has 0 heterocycles. The molecule has 0 aliphatic carbocycles. The molecule has 10 heteroatoms. The monoisotopic (exact) mass is 637 g/mol. The lowest BCUT2D eigenvalue weighted by Crippen LogP contribution is -2.43. The summed E-state index contributed by atoms with van der Waals surface area (Å²) in [5, 5.41) is 26.4. The standard InChI is InChI=1S/C28H21Br2N3O5/c29-24-15-20(16-25(30)26(24)38-18-19-11-13-23(14-12-19)33(36)37)17-31-32-27(34)28(35,21-7-3-1-4-8-21)22-9-5-2-6-10-22/h1-17,35H,18H2,(H,32,34)/b31-17+. The van der Waals surface area contributed by atoms with Gasteiger partial charge in [0, 0.05) is 12.1 Å². The average Bonchev–Trinajstić information content (AvgIpc) is 2.93. The smallest absolute Gasteiger partial charge is 0.281 e. The number of nitrogens with zero attached hydrogens (tertiary/aromatic N) is 2. The van der Waals surface area contributed by atoms with Crippen molar-refractivity contribution in [3.8, 4) is 5.75 Å². The maximum atomic E-state index is 13.2. The molecule has 4 rings (SSSR count). The van der Waals surface area contributed by atoms with Gasteiger partial charge in [-0.1, -0.05) is 60.7 Å². The van der Waals surface area contributed by atoms with E-state index in [1.807, 2.05) is 0 Å². The van der Waals surface area contributed by atoms with E-state index in [2.05, 4.69) is 42.4 Å². The summed E-state index contributed by atoms with van der Waals surface area (Å²) in [6.45, 7) is 0.205. The van der Waals surface area contributed by atoms with Gasteiger partial charge in [0.15, 0.2) is 5.60 Å². The summed E-state index contributed by atoms with van der Waals surface area (Å²) in [6, 6.07) is 27.0. The van der Waals surface area contributed by atoms with E-state index in [1.54, 1.807) is 84.9 Å². The third kappa shape index (κ3) is 6.16. The molecule has 0 saturated carbocycles. The normalized spacial score (nSPS) is 11.3. The minimum Gasteiger partial charge on any atom is -0.487 e. The molecule has 0 spiro atoms. The fourth-order valence-electron chi connectivity index (χ4n) is 3.70. The predicted molar refractivity (Wildman–Crippen MR) is 151 cm³/mol. The van der Waals surface area contributed by atoms with E-state index in [0.29, 0.717) is 31.4 Å². The van der Waals surface area contributed by atoms with Gasteiger partial charge in [-0.15, -0.1) is 0 Å². The van der Waals surface area contributed by atoms with Crippen molar-refractivity contribution in [2.75, 3.05) is 0 Å². The van der Waals surface area contributed by atoms with E-state index in [9.17, 15) is 20.0 Å². The minimum absolute atomic E-state index is 0.0119. The predicted octanol–water partition coefficient (Wildman–Crippen LogP) is 6.09. The Bertz CT molecular complexity index is 1400. The van der Waals surface area contributed by atoms with Crippen molar-refractivity contribution in [3.05, 3.63) is 138 Å². The van der Waals surface area contributed by atoms with E-state index < -0.39 is 16.4 Å². The van der Waals surface area contributed by atoms with Crippen LogP contribution in [0, 0.1) is 10.1 Å². The number of non-ortho nitro benzene ring substituents is 1. The maximum Gasteiger partial charge on any atom is 0.281 e. The van der Waals surface area contributed by atoms with Crippen molar-refractivity contribution in [1.29, 1.82) is 0 Å². The number of hydrogen-bond acceptors (Lipinski definition) is 6. The second-order valence-electron chi connectivity index (χ2n) is 8.17. The van der Waals surface area contributed by atoms with Gasteiger partial charge in [0.05, 0.1) is 20.1 Å². The van der Waals surface area contributed by atoms with Crippen LogP contribution < -0.4 is 10.2 Å². The molecule has 8 nitrogen and oxygen atoms in total. The van der Waals surface area contributed by atoms with Gasteiger partial charge in [-0.25, -0.2) is 5.43 Å². The molecule has 4 aromatic carbocycles. The van der Waals surface area contributed by atoms with Gasteiger partial charge in [0.2, 0.25) is 0 Å². The Labute approximate surface area is 235 Å². The zero-order valence-corrected chi connectivity index (χ0v) is 22.9. The number of rotatable bonds is 9. The van der Waals surface area contributed by atoms with Gasteiger partial charge < -0.3 is 9.84 Å². The van der Waals surface area contributed by atoms with Crippen molar-refractivity contribution < 1.29 is 19.6 Å². The molecule has 0 bridgehead atoms. The molecule has 0 unspecified atom stereocenters. The van der Waals surface area contributed by atoms with Crippen LogP contribution in [0.15, 0.2) is 111 Å². The lowest BCUT2D eigenvalue weighted by Gasteiger charge is -2.27. The average molecular weight is 639 g/mol. The molecule has 38 heavy (non-hydrogen) atoms. The number of hydrogen-bond donors (Lipinski definition) is 2. The number of halogens is 2. The molecule has 0 aliphatic heterocycles. The van der Waals surface area contributed by atoms with Crippen molar-refractivity contribution >= 4 is 49.7 Å². The van der Waals surface area contributed by atoms with Crippen LogP contribution in [0.4, 0.5) is 5.69 Å². The number of hydrazone groups is 1. The molecule has 0 aliphatic rings. The highest BCUT2D eigenvalue weighted by Gasteiger charge is 2.39. The molecule has 192 valence electrons. The highest BCUT2D eigenvalue weighted by atomic mass is 79.9. The SMILES string of the molecule is O=C(N/N=C/c1cc(Br)c(OCc2ccc([N+](=O)[O-])cc2)c(Br)c1)C(O)(c1ccccc1)c1ccccc1. The maximum absolute atomic E-state index is 13.2. The number of nitrogens with one attached hydrogen (secondary N) is 1. The number of benzene rings is 4. The highest BCUT2D eigenvalue weighted by molar-refractivity contribution is 9.11. The topological polar surface area (TPSA) is 114 Å². The van der Waals surface area contributed by atoms with E-state index in [1.165, 1.54) is 18.3 Å². The quantitative estimate of drug-likeness (QED) is 0.131. The van der Waals surface area contributed by atoms with Gasteiger partial charge in [-0.3, -0.25) is 14.9 Å². The number of aliphatic hydroxyl groups is 1. The Hall–Kier alpha value is -3.86. The molecule has 0 atom stereocenters. The lowest BCUT2D eigenvalue weighted by atomic mass is 9.85. The summed E-state index contributed by atoms with van der Waals surface area (Å²) in [5.41, 5.74) is 2.78. The van der Waals surface area contributed by atoms with E-state index >= 15 is 0 Å². The lowest BCUT2D eigenvalue weighted by molar-refractivity contribution is -0.384. The molecule has 0 fully saturated rings. The van der Waals surface area contributed by atoms with Crippen LogP contribution in [0.1, 0.15) is 22.3 Å². The van der Waals surface area contributed by atoms with Gasteiger partial charge >= 0.3 is 0 Å². The summed E-state index contributed by atoms with van der Waals surface area (Å²) in [4.78, 5) is 23.5. The third-order valence-corrected chi connectivity index (χ3v) is 6.82. The first kappa shape index (κ1) is 27.2. The number of nitro groups is 1. The Kier molecular flexibility index (Phi) is 8.67. The van der Waals surface area contributed by atoms with E-state index in [4.69, 9.17) is 4.74 Å². The zero-order valence-electron chi connectivity index (χ0n) is 19.8. The van der Waals surface area contributed by atoms with Gasteiger partial charge in [-0.2, -0.15) is 5.10 Å². The van der Waals surface area contributed by atoms with Crippen LogP contribution >= 0.6 is 31.9 Å². The third-order valence-electron chi connectivity index (χ3n) is 5.64. The second-order valence-corrected chi connectivity index (χ2v) is 9.88. The van der Waals surface area contributed by atoms with Crippen molar-refractivity contribution in [1.82, 2.24) is 5.43 Å². The summed E-state index contributed by atoms with van der Waals surface area (Å²) in [6.07, 6.45) is 1.45. The molecule has 0 aromatic heterocycles. The number of carbonyl (C=O) groups is 1. The number of amides is 1. The minimum atomic E-state index is -1.93. The molecule has 4 aromatic rings. The molecule has 0 radical (unpaired) electrons. The van der Waals surface area contributed by atoms with E-state index in [0.717, 1.165) is 5.56 Å². The molecular weight excluding hydrogens is 618 g/mol. The Morgan fingerprint density at radius 3 is 1.97 bits per heavy atom. The Morgan fingerprint density at radius 1 is 0.947 bits per heavy atom. The summed E-state index contributed by atoms with van der Waals surface area (Å²) < 4.78 is 7.15. The van der Waals surface area contributed by atoms with Gasteiger partial charge in [0.25, 0.3) is 11.6 Å². The van der Waals surface area contributed by atoms with Gasteiger partial charge in [-0.05, 0) is 78.4 Å². The summed E-state index contributed by atoms with van der Waals surface area (Å²) >= 11 is 6.97. The van der Waals surface area contributed by atoms with Gasteiger partial charge in [0.1, 0.15) is 12.4 Å². The Morgan fingerprint density at radius 2 is 1.47 bits per heavy atom. The second kappa shape index (κ2) is 12.1. The van der Waals surface area contributed by atoms with E-state index in [-0.39, 0.29) is 12.3 Å². The summed E-state index contributed by atoms with van der Waals surface area (Å²) in [7, 11) is 0. The van der Waals surface area contributed by atoms with Crippen molar-refractivity contribution in [2.45, 2.75) is 12.2 Å².